The number of ether oxygens (including phenoxy) is 2. The fraction of sp³-hybridized carbons (Fsp3) is 0.842. The molecule has 0 aromatic rings. The molecule has 0 bridgehead atoms. The van der Waals surface area contributed by atoms with Crippen molar-refractivity contribution < 1.29 is 151 Å². The summed E-state index contributed by atoms with van der Waals surface area (Å²) in [6, 6.07) is -2.20. The molecule has 0 amide bonds. The van der Waals surface area contributed by atoms with Crippen LogP contribution in [0.5, 0.6) is 0 Å². The zero-order valence-corrected chi connectivity index (χ0v) is 39.4. The van der Waals surface area contributed by atoms with E-state index in [1.165, 1.54) is 103 Å². The van der Waals surface area contributed by atoms with E-state index in [4.69, 9.17) is 11.5 Å². The second kappa shape index (κ2) is 44.1. The summed E-state index contributed by atoms with van der Waals surface area (Å²) in [6.07, 6.45) is 25.6. The summed E-state index contributed by atoms with van der Waals surface area (Å²) in [5.74, 6) is -5.48. The number of carbonyl (C=O) groups excluding carboxylic acids is 6. The topological polar surface area (TPSA) is 219 Å². The van der Waals surface area contributed by atoms with Crippen LogP contribution in [0.2, 0.25) is 0 Å². The van der Waals surface area contributed by atoms with Gasteiger partial charge in [-0.2, -0.15) is 0 Å². The van der Waals surface area contributed by atoms with E-state index in [0.29, 0.717) is 12.8 Å². The minimum absolute atomic E-state index is 0. The normalized spacial score (nSPS) is 11.5. The van der Waals surface area contributed by atoms with Crippen molar-refractivity contribution in [2.24, 2.45) is 11.5 Å². The maximum absolute atomic E-state index is 11.5. The molecule has 2 atom stereocenters. The van der Waals surface area contributed by atoms with Crippen LogP contribution in [0.15, 0.2) is 0 Å². The number of carbonyl (C=O) groups is 6. The molecule has 2 unspecified atom stereocenters. The van der Waals surface area contributed by atoms with Gasteiger partial charge in [0, 0.05) is 24.8 Å². The van der Waals surface area contributed by atoms with E-state index in [0.717, 1.165) is 25.7 Å². The Morgan fingerprint density at radius 2 is 0.654 bits per heavy atom. The number of esters is 4. The van der Waals surface area contributed by atoms with E-state index >= 15 is 0 Å². The first kappa shape index (κ1) is 59.1. The van der Waals surface area contributed by atoms with E-state index in [9.17, 15) is 39.0 Å². The van der Waals surface area contributed by atoms with Gasteiger partial charge in [-0.15, -0.1) is 0 Å². The zero-order chi connectivity index (χ0) is 37.8. The molecule has 0 aromatic heterocycles. The van der Waals surface area contributed by atoms with Crippen molar-refractivity contribution in [3.63, 3.8) is 0 Å². The standard InChI is InChI=1S/2C19H35NO5.2K/c2*1-2-3-4-5-6-7-8-9-10-11-12-13-18(23)25-19(24)16(20)14-15-17(21)22;;/h2*16H,2-15,20H2,1H3,(H,21,22);;/q;;2*+1/p-2. The summed E-state index contributed by atoms with van der Waals surface area (Å²) in [4.78, 5) is 66.6. The summed E-state index contributed by atoms with van der Waals surface area (Å²) < 4.78 is 9.24. The maximum atomic E-state index is 11.5. The molecular formula is C38H68K2N2O10. The van der Waals surface area contributed by atoms with Crippen molar-refractivity contribution in [1.82, 2.24) is 0 Å². The van der Waals surface area contributed by atoms with Crippen molar-refractivity contribution in [2.45, 2.75) is 206 Å². The predicted octanol–water partition coefficient (Wildman–Crippen LogP) is -0.763. The largest absolute Gasteiger partial charge is 1.00 e. The van der Waals surface area contributed by atoms with Crippen molar-refractivity contribution in [3.8, 4) is 0 Å². The molecule has 0 saturated heterocycles. The third-order valence-corrected chi connectivity index (χ3v) is 8.32. The van der Waals surface area contributed by atoms with Gasteiger partial charge in [-0.3, -0.25) is 9.59 Å². The fourth-order valence-electron chi connectivity index (χ4n) is 5.13. The monoisotopic (exact) mass is 790 g/mol. The Morgan fingerprint density at radius 3 is 0.885 bits per heavy atom. The van der Waals surface area contributed by atoms with E-state index < -0.39 is 47.9 Å². The van der Waals surface area contributed by atoms with Gasteiger partial charge in [-0.1, -0.05) is 142 Å². The van der Waals surface area contributed by atoms with E-state index in [-0.39, 0.29) is 141 Å². The van der Waals surface area contributed by atoms with E-state index in [1.807, 2.05) is 0 Å². The molecule has 0 aliphatic heterocycles. The Balaban J connectivity index is -0.000000427. The first-order valence-electron chi connectivity index (χ1n) is 19.3. The first-order chi connectivity index (χ1) is 23.9. The molecule has 12 nitrogen and oxygen atoms in total. The van der Waals surface area contributed by atoms with Crippen molar-refractivity contribution in [1.29, 1.82) is 0 Å². The average Bonchev–Trinajstić information content (AvgIpc) is 3.07. The Kier molecular flexibility index (Phi) is 50.2. The van der Waals surface area contributed by atoms with E-state index in [1.54, 1.807) is 0 Å². The van der Waals surface area contributed by atoms with Crippen molar-refractivity contribution >= 4 is 35.8 Å². The van der Waals surface area contributed by atoms with Gasteiger partial charge in [0.2, 0.25) is 0 Å². The van der Waals surface area contributed by atoms with Crippen LogP contribution >= 0.6 is 0 Å². The Hall–Kier alpha value is 0.413. The number of rotatable bonds is 32. The quantitative estimate of drug-likeness (QED) is 0.0372. The first-order valence-corrected chi connectivity index (χ1v) is 19.3. The van der Waals surface area contributed by atoms with E-state index in [2.05, 4.69) is 23.3 Å². The third-order valence-electron chi connectivity index (χ3n) is 8.32. The van der Waals surface area contributed by atoms with Crippen LogP contribution in [0.3, 0.4) is 0 Å². The molecule has 0 saturated carbocycles. The molecule has 0 aliphatic rings. The molecular weight excluding hydrogens is 723 g/mol. The molecule has 14 heteroatoms. The Bertz CT molecular complexity index is 852. The fourth-order valence-corrected chi connectivity index (χ4v) is 5.13. The number of hydrogen-bond acceptors (Lipinski definition) is 12. The summed E-state index contributed by atoms with van der Waals surface area (Å²) in [5.41, 5.74) is 10.9. The Morgan fingerprint density at radius 1 is 0.423 bits per heavy atom. The molecule has 52 heavy (non-hydrogen) atoms. The minimum Gasteiger partial charge on any atom is -0.550 e. The maximum Gasteiger partial charge on any atom is 1.00 e. The second-order valence-electron chi connectivity index (χ2n) is 13.2. The van der Waals surface area contributed by atoms with Gasteiger partial charge in [0.25, 0.3) is 0 Å². The molecule has 0 spiro atoms. The van der Waals surface area contributed by atoms with Gasteiger partial charge in [0.15, 0.2) is 0 Å². The molecule has 0 fully saturated rings. The summed E-state index contributed by atoms with van der Waals surface area (Å²) in [6.45, 7) is 4.44. The average molecular weight is 791 g/mol. The van der Waals surface area contributed by atoms with Crippen LogP contribution in [0, 0.1) is 0 Å². The van der Waals surface area contributed by atoms with Crippen LogP contribution in [0.4, 0.5) is 0 Å². The molecule has 0 rings (SSSR count). The number of carboxylic acids is 2. The number of aliphatic carboxylic acids is 2. The summed E-state index contributed by atoms with van der Waals surface area (Å²) in [7, 11) is 0. The van der Waals surface area contributed by atoms with Crippen LogP contribution in [0.1, 0.15) is 194 Å². The number of hydrogen-bond donors (Lipinski definition) is 2. The predicted molar refractivity (Wildman–Crippen MR) is 189 cm³/mol. The molecule has 0 heterocycles. The minimum atomic E-state index is -1.28. The molecule has 4 N–H and O–H groups in total. The zero-order valence-electron chi connectivity index (χ0n) is 33.2. The van der Waals surface area contributed by atoms with Crippen molar-refractivity contribution in [2.75, 3.05) is 0 Å². The molecule has 292 valence electrons. The van der Waals surface area contributed by atoms with Crippen molar-refractivity contribution in [3.05, 3.63) is 0 Å². The summed E-state index contributed by atoms with van der Waals surface area (Å²) >= 11 is 0. The van der Waals surface area contributed by atoms with Crippen LogP contribution < -0.4 is 124 Å². The summed E-state index contributed by atoms with van der Waals surface area (Å²) in [5, 5.41) is 20.6. The van der Waals surface area contributed by atoms with Gasteiger partial charge in [-0.25, -0.2) is 9.59 Å². The number of nitrogens with two attached hydrogens (primary N) is 2. The smallest absolute Gasteiger partial charge is 0.550 e. The molecule has 0 radical (unpaired) electrons. The van der Waals surface area contributed by atoms with Gasteiger partial charge in [0.1, 0.15) is 12.1 Å². The van der Waals surface area contributed by atoms with Crippen LogP contribution in [-0.2, 0) is 38.2 Å². The van der Waals surface area contributed by atoms with Crippen LogP contribution in [0.25, 0.3) is 0 Å². The van der Waals surface area contributed by atoms with Gasteiger partial charge in [0.05, 0.1) is 0 Å². The molecule has 0 aliphatic carbocycles. The SMILES string of the molecule is CCCCCCCCCCCCCC(=O)OC(=O)C(N)CCC(=O)[O-].CCCCCCCCCCCCCC(=O)OC(=O)C(N)CCC(=O)[O-].[K+].[K+]. The molecule has 0 aromatic carbocycles. The van der Waals surface area contributed by atoms with Gasteiger partial charge < -0.3 is 40.7 Å². The second-order valence-corrected chi connectivity index (χ2v) is 13.2. The van der Waals surface area contributed by atoms with Gasteiger partial charge >= 0.3 is 127 Å². The number of unbranched alkanes of at least 4 members (excludes halogenated alkanes) is 20. The Labute approximate surface area is 399 Å². The third kappa shape index (κ3) is 44.8. The van der Waals surface area contributed by atoms with Crippen LogP contribution in [-0.4, -0.2) is 47.9 Å². The number of carboxylic acid groups (broad SMARTS) is 2. The van der Waals surface area contributed by atoms with Gasteiger partial charge in [-0.05, 0) is 38.5 Å².